The molecule has 0 bridgehead atoms. The summed E-state index contributed by atoms with van der Waals surface area (Å²) in [6.07, 6.45) is 2.35. The summed E-state index contributed by atoms with van der Waals surface area (Å²) in [7, 11) is 0. The molecule has 1 unspecified atom stereocenters. The van der Waals surface area contributed by atoms with E-state index < -0.39 is 0 Å². The molecule has 0 radical (unpaired) electrons. The van der Waals surface area contributed by atoms with Crippen LogP contribution in [0.2, 0.25) is 0 Å². The van der Waals surface area contributed by atoms with Gasteiger partial charge in [0.25, 0.3) is 0 Å². The first kappa shape index (κ1) is 13.7. The Morgan fingerprint density at radius 3 is 2.75 bits per heavy atom. The molecule has 0 N–H and O–H groups in total. The highest BCUT2D eigenvalue weighted by Gasteiger charge is 2.02. The lowest BCUT2D eigenvalue weighted by Gasteiger charge is -2.11. The SMILES string of the molecule is CCCC(C)COCc1cc(F)cc(Br)c1. The zero-order valence-electron chi connectivity index (χ0n) is 9.80. The minimum atomic E-state index is -0.227. The van der Waals surface area contributed by atoms with E-state index in [1.54, 1.807) is 0 Å². The van der Waals surface area contributed by atoms with Gasteiger partial charge in [0.15, 0.2) is 0 Å². The summed E-state index contributed by atoms with van der Waals surface area (Å²) >= 11 is 3.26. The highest BCUT2D eigenvalue weighted by molar-refractivity contribution is 9.10. The average Bonchev–Trinajstić information content (AvgIpc) is 2.16. The van der Waals surface area contributed by atoms with Crippen LogP contribution in [0.4, 0.5) is 4.39 Å². The third-order valence-electron chi connectivity index (χ3n) is 2.37. The first-order chi connectivity index (χ1) is 7.61. The van der Waals surface area contributed by atoms with Crippen molar-refractivity contribution in [2.75, 3.05) is 6.61 Å². The zero-order valence-corrected chi connectivity index (χ0v) is 11.4. The van der Waals surface area contributed by atoms with E-state index in [9.17, 15) is 4.39 Å². The first-order valence-electron chi connectivity index (χ1n) is 5.64. The zero-order chi connectivity index (χ0) is 12.0. The Morgan fingerprint density at radius 1 is 1.38 bits per heavy atom. The Bertz CT molecular complexity index is 307. The molecule has 0 aliphatic heterocycles. The average molecular weight is 289 g/mol. The largest absolute Gasteiger partial charge is 0.376 e. The molecule has 1 aromatic carbocycles. The van der Waals surface area contributed by atoms with Gasteiger partial charge in [-0.15, -0.1) is 0 Å². The lowest BCUT2D eigenvalue weighted by atomic mass is 10.1. The van der Waals surface area contributed by atoms with E-state index in [2.05, 4.69) is 29.8 Å². The Morgan fingerprint density at radius 2 is 2.12 bits per heavy atom. The van der Waals surface area contributed by atoms with Crippen molar-refractivity contribution in [1.82, 2.24) is 0 Å². The van der Waals surface area contributed by atoms with Crippen LogP contribution in [-0.4, -0.2) is 6.61 Å². The Labute approximate surface area is 105 Å². The van der Waals surface area contributed by atoms with Crippen LogP contribution in [0.15, 0.2) is 22.7 Å². The van der Waals surface area contributed by atoms with Crippen molar-refractivity contribution >= 4 is 15.9 Å². The standard InChI is InChI=1S/C13H18BrFO/c1-3-4-10(2)8-16-9-11-5-12(14)7-13(15)6-11/h5-7,10H,3-4,8-9H2,1-2H3. The summed E-state index contributed by atoms with van der Waals surface area (Å²) < 4.78 is 19.4. The summed E-state index contributed by atoms with van der Waals surface area (Å²) in [6.45, 7) is 5.55. The molecule has 90 valence electrons. The van der Waals surface area contributed by atoms with Crippen molar-refractivity contribution < 1.29 is 9.13 Å². The number of hydrogen-bond donors (Lipinski definition) is 0. The molecule has 0 heterocycles. The summed E-state index contributed by atoms with van der Waals surface area (Å²) in [6, 6.07) is 4.84. The van der Waals surface area contributed by atoms with Crippen LogP contribution in [0.5, 0.6) is 0 Å². The number of rotatable bonds is 6. The van der Waals surface area contributed by atoms with Crippen molar-refractivity contribution in [2.24, 2.45) is 5.92 Å². The molecular formula is C13H18BrFO. The van der Waals surface area contributed by atoms with Crippen LogP contribution >= 0.6 is 15.9 Å². The maximum absolute atomic E-state index is 13.0. The van der Waals surface area contributed by atoms with E-state index in [1.807, 2.05) is 6.07 Å². The van der Waals surface area contributed by atoms with Gasteiger partial charge in [-0.3, -0.25) is 0 Å². The van der Waals surface area contributed by atoms with E-state index in [4.69, 9.17) is 4.74 Å². The number of hydrogen-bond acceptors (Lipinski definition) is 1. The van der Waals surface area contributed by atoms with Gasteiger partial charge < -0.3 is 4.74 Å². The molecule has 0 saturated carbocycles. The monoisotopic (exact) mass is 288 g/mol. The molecule has 1 nitrogen and oxygen atoms in total. The molecule has 3 heteroatoms. The van der Waals surface area contributed by atoms with Crippen LogP contribution in [0.3, 0.4) is 0 Å². The van der Waals surface area contributed by atoms with Gasteiger partial charge in [-0.2, -0.15) is 0 Å². The number of ether oxygens (including phenoxy) is 1. The van der Waals surface area contributed by atoms with E-state index in [0.717, 1.165) is 16.6 Å². The fourth-order valence-corrected chi connectivity index (χ4v) is 2.16. The summed E-state index contributed by atoms with van der Waals surface area (Å²) in [4.78, 5) is 0. The van der Waals surface area contributed by atoms with Crippen molar-refractivity contribution in [3.05, 3.63) is 34.1 Å². The molecular weight excluding hydrogens is 271 g/mol. The van der Waals surface area contributed by atoms with Gasteiger partial charge >= 0.3 is 0 Å². The molecule has 16 heavy (non-hydrogen) atoms. The molecule has 0 spiro atoms. The van der Waals surface area contributed by atoms with Gasteiger partial charge in [-0.25, -0.2) is 4.39 Å². The molecule has 0 aliphatic rings. The fraction of sp³-hybridized carbons (Fsp3) is 0.538. The molecule has 0 aromatic heterocycles. The first-order valence-corrected chi connectivity index (χ1v) is 6.43. The van der Waals surface area contributed by atoms with Crippen LogP contribution < -0.4 is 0 Å². The third kappa shape index (κ3) is 5.08. The van der Waals surface area contributed by atoms with Crippen LogP contribution in [0.25, 0.3) is 0 Å². The predicted octanol–water partition coefficient (Wildman–Crippen LogP) is 4.54. The van der Waals surface area contributed by atoms with E-state index >= 15 is 0 Å². The second-order valence-electron chi connectivity index (χ2n) is 4.19. The highest BCUT2D eigenvalue weighted by atomic mass is 79.9. The maximum atomic E-state index is 13.0. The van der Waals surface area contributed by atoms with Gasteiger partial charge in [0.1, 0.15) is 5.82 Å². The van der Waals surface area contributed by atoms with Gasteiger partial charge in [0.05, 0.1) is 6.61 Å². The van der Waals surface area contributed by atoms with Crippen LogP contribution in [0.1, 0.15) is 32.3 Å². The van der Waals surface area contributed by atoms with Crippen LogP contribution in [0, 0.1) is 11.7 Å². The molecule has 1 aromatic rings. The quantitative estimate of drug-likeness (QED) is 0.747. The van der Waals surface area contributed by atoms with Gasteiger partial charge in [-0.1, -0.05) is 36.2 Å². The van der Waals surface area contributed by atoms with Gasteiger partial charge in [-0.05, 0) is 36.1 Å². The minimum Gasteiger partial charge on any atom is -0.376 e. The molecule has 1 rings (SSSR count). The second-order valence-corrected chi connectivity index (χ2v) is 5.10. The topological polar surface area (TPSA) is 9.23 Å². The van der Waals surface area contributed by atoms with Crippen molar-refractivity contribution in [3.63, 3.8) is 0 Å². The normalized spacial score (nSPS) is 12.8. The lowest BCUT2D eigenvalue weighted by molar-refractivity contribution is 0.0891. The second kappa shape index (κ2) is 7.02. The lowest BCUT2D eigenvalue weighted by Crippen LogP contribution is -2.05. The van der Waals surface area contributed by atoms with Crippen molar-refractivity contribution in [1.29, 1.82) is 0 Å². The Hall–Kier alpha value is -0.410. The smallest absolute Gasteiger partial charge is 0.124 e. The Kier molecular flexibility index (Phi) is 5.99. The fourth-order valence-electron chi connectivity index (χ4n) is 1.65. The third-order valence-corrected chi connectivity index (χ3v) is 2.83. The van der Waals surface area contributed by atoms with Crippen LogP contribution in [-0.2, 0) is 11.3 Å². The Balaban J connectivity index is 2.37. The molecule has 1 atom stereocenters. The van der Waals surface area contributed by atoms with E-state index in [1.165, 1.54) is 25.0 Å². The summed E-state index contributed by atoms with van der Waals surface area (Å²) in [5.74, 6) is 0.344. The number of benzene rings is 1. The summed E-state index contributed by atoms with van der Waals surface area (Å²) in [5.41, 5.74) is 0.871. The van der Waals surface area contributed by atoms with Gasteiger partial charge in [0, 0.05) is 11.1 Å². The molecule has 0 aliphatic carbocycles. The molecule has 0 fully saturated rings. The van der Waals surface area contributed by atoms with E-state index in [0.29, 0.717) is 12.5 Å². The maximum Gasteiger partial charge on any atom is 0.124 e. The summed E-state index contributed by atoms with van der Waals surface area (Å²) in [5, 5.41) is 0. The predicted molar refractivity (Wildman–Crippen MR) is 67.8 cm³/mol. The molecule has 0 saturated heterocycles. The number of halogens is 2. The highest BCUT2D eigenvalue weighted by Crippen LogP contribution is 2.16. The van der Waals surface area contributed by atoms with Crippen molar-refractivity contribution in [3.8, 4) is 0 Å². The molecule has 0 amide bonds. The van der Waals surface area contributed by atoms with Gasteiger partial charge in [0.2, 0.25) is 0 Å². The van der Waals surface area contributed by atoms with E-state index in [-0.39, 0.29) is 5.82 Å². The van der Waals surface area contributed by atoms with Crippen molar-refractivity contribution in [2.45, 2.75) is 33.3 Å². The minimum absolute atomic E-state index is 0.227.